The number of aryl methyl sites for hydroxylation is 1. The molecular formula is C15H13N3. The van der Waals surface area contributed by atoms with Gasteiger partial charge >= 0.3 is 0 Å². The predicted molar refractivity (Wildman–Crippen MR) is 74.1 cm³/mol. The normalized spacial score (nSPS) is 10.7. The molecular weight excluding hydrogens is 222 g/mol. The molecule has 3 heteroatoms. The summed E-state index contributed by atoms with van der Waals surface area (Å²) in [4.78, 5) is 9.13. The highest BCUT2D eigenvalue weighted by Crippen LogP contribution is 2.21. The molecule has 3 aromatic rings. The SMILES string of the molecule is Cc1nc(-c2ccc(N)cc2)nc2ccccc12. The van der Waals surface area contributed by atoms with E-state index in [1.807, 2.05) is 55.5 Å². The highest BCUT2D eigenvalue weighted by Gasteiger charge is 2.05. The molecule has 0 unspecified atom stereocenters. The lowest BCUT2D eigenvalue weighted by Crippen LogP contribution is -1.94. The van der Waals surface area contributed by atoms with Crippen molar-refractivity contribution in [3.8, 4) is 11.4 Å². The first-order chi connectivity index (χ1) is 8.74. The fourth-order valence-electron chi connectivity index (χ4n) is 2.00. The molecule has 88 valence electrons. The van der Waals surface area contributed by atoms with Crippen LogP contribution in [0, 0.1) is 6.92 Å². The zero-order valence-electron chi connectivity index (χ0n) is 10.1. The van der Waals surface area contributed by atoms with Crippen LogP contribution in [0.5, 0.6) is 0 Å². The summed E-state index contributed by atoms with van der Waals surface area (Å²) < 4.78 is 0. The second kappa shape index (κ2) is 4.11. The fraction of sp³-hybridized carbons (Fsp3) is 0.0667. The van der Waals surface area contributed by atoms with Crippen molar-refractivity contribution in [3.63, 3.8) is 0 Å². The Labute approximate surface area is 105 Å². The predicted octanol–water partition coefficient (Wildman–Crippen LogP) is 3.19. The molecule has 0 radical (unpaired) electrons. The Balaban J connectivity index is 2.21. The molecule has 0 saturated carbocycles. The Bertz CT molecular complexity index is 703. The summed E-state index contributed by atoms with van der Waals surface area (Å²) in [7, 11) is 0. The van der Waals surface area contributed by atoms with Gasteiger partial charge in [-0.15, -0.1) is 0 Å². The third-order valence-corrected chi connectivity index (χ3v) is 2.96. The number of rotatable bonds is 1. The Kier molecular flexibility index (Phi) is 2.45. The average molecular weight is 235 g/mol. The molecule has 18 heavy (non-hydrogen) atoms. The van der Waals surface area contributed by atoms with E-state index < -0.39 is 0 Å². The topological polar surface area (TPSA) is 51.8 Å². The number of nitrogens with two attached hydrogens (primary N) is 1. The van der Waals surface area contributed by atoms with Crippen LogP contribution in [0.2, 0.25) is 0 Å². The van der Waals surface area contributed by atoms with Crippen LogP contribution in [0.1, 0.15) is 5.69 Å². The molecule has 0 atom stereocenters. The lowest BCUT2D eigenvalue weighted by Gasteiger charge is -2.05. The maximum Gasteiger partial charge on any atom is 0.160 e. The minimum absolute atomic E-state index is 0.742. The average Bonchev–Trinajstić information content (AvgIpc) is 2.39. The molecule has 1 aromatic heterocycles. The van der Waals surface area contributed by atoms with Crippen molar-refractivity contribution >= 4 is 16.6 Å². The van der Waals surface area contributed by atoms with Gasteiger partial charge in [0.25, 0.3) is 0 Å². The summed E-state index contributed by atoms with van der Waals surface area (Å²) in [6.45, 7) is 2.00. The third-order valence-electron chi connectivity index (χ3n) is 2.96. The number of para-hydroxylation sites is 1. The van der Waals surface area contributed by atoms with Crippen LogP contribution in [0.4, 0.5) is 5.69 Å². The van der Waals surface area contributed by atoms with Crippen LogP contribution in [0.3, 0.4) is 0 Å². The van der Waals surface area contributed by atoms with Gasteiger partial charge in [0.1, 0.15) is 0 Å². The lowest BCUT2D eigenvalue weighted by atomic mass is 10.1. The zero-order valence-corrected chi connectivity index (χ0v) is 10.1. The molecule has 0 spiro atoms. The van der Waals surface area contributed by atoms with Gasteiger partial charge in [0, 0.05) is 22.3 Å². The highest BCUT2D eigenvalue weighted by atomic mass is 14.9. The van der Waals surface area contributed by atoms with E-state index in [1.165, 1.54) is 0 Å². The van der Waals surface area contributed by atoms with Crippen molar-refractivity contribution in [1.82, 2.24) is 9.97 Å². The van der Waals surface area contributed by atoms with E-state index in [9.17, 15) is 0 Å². The van der Waals surface area contributed by atoms with Crippen LogP contribution in [0.15, 0.2) is 48.5 Å². The molecule has 2 N–H and O–H groups in total. The minimum Gasteiger partial charge on any atom is -0.399 e. The van der Waals surface area contributed by atoms with E-state index >= 15 is 0 Å². The smallest absolute Gasteiger partial charge is 0.160 e. The van der Waals surface area contributed by atoms with Crippen LogP contribution >= 0.6 is 0 Å². The summed E-state index contributed by atoms with van der Waals surface area (Å²) in [6.07, 6.45) is 0. The molecule has 3 rings (SSSR count). The first-order valence-electron chi connectivity index (χ1n) is 5.83. The number of aromatic nitrogens is 2. The number of anilines is 1. The van der Waals surface area contributed by atoms with Gasteiger partial charge in [0.05, 0.1) is 5.52 Å². The standard InChI is InChI=1S/C15H13N3/c1-10-13-4-2-3-5-14(13)18-15(17-10)11-6-8-12(16)9-7-11/h2-9H,16H2,1H3. The number of nitrogen functional groups attached to an aromatic ring is 1. The Hall–Kier alpha value is -2.42. The van der Waals surface area contributed by atoms with Crippen LogP contribution in [-0.2, 0) is 0 Å². The van der Waals surface area contributed by atoms with Crippen molar-refractivity contribution in [2.45, 2.75) is 6.92 Å². The maximum atomic E-state index is 5.68. The summed E-state index contributed by atoms with van der Waals surface area (Å²) >= 11 is 0. The van der Waals surface area contributed by atoms with E-state index in [2.05, 4.69) is 9.97 Å². The zero-order chi connectivity index (χ0) is 12.5. The van der Waals surface area contributed by atoms with Crippen LogP contribution in [0.25, 0.3) is 22.3 Å². The molecule has 0 aliphatic carbocycles. The summed E-state index contributed by atoms with van der Waals surface area (Å²) in [6, 6.07) is 15.6. The van der Waals surface area contributed by atoms with Crippen molar-refractivity contribution in [2.24, 2.45) is 0 Å². The van der Waals surface area contributed by atoms with E-state index in [0.717, 1.165) is 33.7 Å². The number of hydrogen-bond acceptors (Lipinski definition) is 3. The third kappa shape index (κ3) is 1.80. The number of hydrogen-bond donors (Lipinski definition) is 1. The van der Waals surface area contributed by atoms with Crippen molar-refractivity contribution in [2.75, 3.05) is 5.73 Å². The van der Waals surface area contributed by atoms with Gasteiger partial charge in [0.15, 0.2) is 5.82 Å². The summed E-state index contributed by atoms with van der Waals surface area (Å²) in [5.41, 5.74) is 9.38. The van der Waals surface area contributed by atoms with Gasteiger partial charge in [-0.05, 0) is 37.3 Å². The van der Waals surface area contributed by atoms with E-state index in [4.69, 9.17) is 5.73 Å². The second-order valence-electron chi connectivity index (χ2n) is 4.27. The van der Waals surface area contributed by atoms with Crippen molar-refractivity contribution in [3.05, 3.63) is 54.2 Å². The minimum atomic E-state index is 0.742. The van der Waals surface area contributed by atoms with Crippen molar-refractivity contribution in [1.29, 1.82) is 0 Å². The van der Waals surface area contributed by atoms with Crippen LogP contribution < -0.4 is 5.73 Å². The van der Waals surface area contributed by atoms with Crippen molar-refractivity contribution < 1.29 is 0 Å². The van der Waals surface area contributed by atoms with Gasteiger partial charge in [-0.25, -0.2) is 9.97 Å². The molecule has 0 saturated heterocycles. The molecule has 0 aliphatic rings. The number of nitrogens with zero attached hydrogens (tertiary/aromatic N) is 2. The number of benzene rings is 2. The van der Waals surface area contributed by atoms with Gasteiger partial charge in [-0.1, -0.05) is 18.2 Å². The van der Waals surface area contributed by atoms with E-state index in [0.29, 0.717) is 0 Å². The molecule has 0 fully saturated rings. The van der Waals surface area contributed by atoms with Crippen LogP contribution in [-0.4, -0.2) is 9.97 Å². The first kappa shape index (κ1) is 10.7. The van der Waals surface area contributed by atoms with E-state index in [1.54, 1.807) is 0 Å². The molecule has 1 heterocycles. The largest absolute Gasteiger partial charge is 0.399 e. The monoisotopic (exact) mass is 235 g/mol. The lowest BCUT2D eigenvalue weighted by molar-refractivity contribution is 1.16. The Morgan fingerprint density at radius 1 is 0.889 bits per heavy atom. The molecule has 2 aromatic carbocycles. The summed E-state index contributed by atoms with van der Waals surface area (Å²) in [5.74, 6) is 0.742. The quantitative estimate of drug-likeness (QED) is 0.659. The van der Waals surface area contributed by atoms with E-state index in [-0.39, 0.29) is 0 Å². The highest BCUT2D eigenvalue weighted by molar-refractivity contribution is 5.82. The fourth-order valence-corrected chi connectivity index (χ4v) is 2.00. The van der Waals surface area contributed by atoms with Gasteiger partial charge < -0.3 is 5.73 Å². The Morgan fingerprint density at radius 2 is 1.61 bits per heavy atom. The van der Waals surface area contributed by atoms with Gasteiger partial charge in [0.2, 0.25) is 0 Å². The first-order valence-corrected chi connectivity index (χ1v) is 5.83. The Morgan fingerprint density at radius 3 is 2.39 bits per heavy atom. The van der Waals surface area contributed by atoms with Gasteiger partial charge in [-0.3, -0.25) is 0 Å². The number of fused-ring (bicyclic) bond motifs is 1. The van der Waals surface area contributed by atoms with Gasteiger partial charge in [-0.2, -0.15) is 0 Å². The summed E-state index contributed by atoms with van der Waals surface area (Å²) in [5, 5.41) is 1.09. The maximum absolute atomic E-state index is 5.68. The molecule has 0 aliphatic heterocycles. The second-order valence-corrected chi connectivity index (χ2v) is 4.27. The molecule has 0 bridgehead atoms. The molecule has 0 amide bonds. The molecule has 3 nitrogen and oxygen atoms in total.